The SMILES string of the molecule is CCOC(=O)C(F)(F)C(O)c1ncc(Br)cc1Br. The van der Waals surface area contributed by atoms with Crippen LogP contribution in [0.2, 0.25) is 0 Å². The van der Waals surface area contributed by atoms with Crippen molar-refractivity contribution in [3.05, 3.63) is 26.9 Å². The Morgan fingerprint density at radius 3 is 2.72 bits per heavy atom. The molecule has 1 N–H and O–H groups in total. The second-order valence-corrected chi connectivity index (χ2v) is 5.04. The zero-order valence-electron chi connectivity index (χ0n) is 9.16. The van der Waals surface area contributed by atoms with Gasteiger partial charge in [0.25, 0.3) is 0 Å². The molecule has 1 unspecified atom stereocenters. The van der Waals surface area contributed by atoms with Crippen LogP contribution < -0.4 is 0 Å². The van der Waals surface area contributed by atoms with Gasteiger partial charge in [-0.2, -0.15) is 8.78 Å². The maximum atomic E-state index is 13.6. The molecule has 0 radical (unpaired) electrons. The lowest BCUT2D eigenvalue weighted by Gasteiger charge is -2.20. The van der Waals surface area contributed by atoms with E-state index in [2.05, 4.69) is 41.6 Å². The van der Waals surface area contributed by atoms with Crippen LogP contribution in [0, 0.1) is 0 Å². The van der Waals surface area contributed by atoms with Crippen molar-refractivity contribution in [2.45, 2.75) is 19.0 Å². The molecule has 8 heteroatoms. The Morgan fingerprint density at radius 1 is 1.61 bits per heavy atom. The summed E-state index contributed by atoms with van der Waals surface area (Å²) in [6, 6.07) is 1.44. The van der Waals surface area contributed by atoms with Gasteiger partial charge in [-0.15, -0.1) is 0 Å². The van der Waals surface area contributed by atoms with Crippen LogP contribution in [0.25, 0.3) is 0 Å². The molecule has 1 aromatic rings. The van der Waals surface area contributed by atoms with Crippen molar-refractivity contribution in [2.75, 3.05) is 6.61 Å². The van der Waals surface area contributed by atoms with Crippen LogP contribution in [0.15, 0.2) is 21.2 Å². The highest BCUT2D eigenvalue weighted by Gasteiger charge is 2.50. The fourth-order valence-electron chi connectivity index (χ4n) is 1.14. The Kier molecular flexibility index (Phi) is 5.18. The van der Waals surface area contributed by atoms with Crippen molar-refractivity contribution >= 4 is 37.8 Å². The summed E-state index contributed by atoms with van der Waals surface area (Å²) >= 11 is 6.09. The number of rotatable bonds is 4. The quantitative estimate of drug-likeness (QED) is 0.805. The Bertz CT molecular complexity index is 457. The van der Waals surface area contributed by atoms with Gasteiger partial charge in [-0.1, -0.05) is 0 Å². The summed E-state index contributed by atoms with van der Waals surface area (Å²) in [6.07, 6.45) is -1.14. The molecule has 0 aliphatic heterocycles. The fraction of sp³-hybridized carbons (Fsp3) is 0.400. The molecule has 0 aliphatic carbocycles. The fourth-order valence-corrected chi connectivity index (χ4v) is 2.34. The normalized spacial score (nSPS) is 13.2. The molecule has 0 saturated carbocycles. The number of pyridine rings is 1. The number of esters is 1. The second kappa shape index (κ2) is 6.03. The number of aliphatic hydroxyl groups excluding tert-OH is 1. The van der Waals surface area contributed by atoms with E-state index in [1.807, 2.05) is 0 Å². The maximum absolute atomic E-state index is 13.6. The van der Waals surface area contributed by atoms with Crippen molar-refractivity contribution in [3.8, 4) is 0 Å². The number of ether oxygens (including phenoxy) is 1. The lowest BCUT2D eigenvalue weighted by atomic mass is 10.1. The van der Waals surface area contributed by atoms with E-state index in [-0.39, 0.29) is 16.8 Å². The molecule has 0 spiro atoms. The third-order valence-corrected chi connectivity index (χ3v) is 3.06. The first-order valence-electron chi connectivity index (χ1n) is 4.84. The minimum absolute atomic E-state index is 0.161. The highest BCUT2D eigenvalue weighted by molar-refractivity contribution is 9.11. The minimum atomic E-state index is -4.06. The zero-order chi connectivity index (χ0) is 13.9. The summed E-state index contributed by atoms with van der Waals surface area (Å²) in [7, 11) is 0. The van der Waals surface area contributed by atoms with E-state index < -0.39 is 18.0 Å². The molecule has 4 nitrogen and oxygen atoms in total. The first kappa shape index (κ1) is 15.5. The van der Waals surface area contributed by atoms with Crippen molar-refractivity contribution in [2.24, 2.45) is 0 Å². The number of carbonyl (C=O) groups excluding carboxylic acids is 1. The third kappa shape index (κ3) is 3.24. The highest BCUT2D eigenvalue weighted by atomic mass is 79.9. The van der Waals surface area contributed by atoms with E-state index in [9.17, 15) is 18.7 Å². The Hall–Kier alpha value is -0.600. The van der Waals surface area contributed by atoms with E-state index in [0.717, 1.165) is 0 Å². The van der Waals surface area contributed by atoms with Crippen LogP contribution in [-0.4, -0.2) is 28.6 Å². The van der Waals surface area contributed by atoms with Gasteiger partial charge in [0.2, 0.25) is 0 Å². The van der Waals surface area contributed by atoms with Gasteiger partial charge in [0, 0.05) is 15.1 Å². The van der Waals surface area contributed by atoms with E-state index in [0.29, 0.717) is 4.47 Å². The Labute approximate surface area is 119 Å². The van der Waals surface area contributed by atoms with Gasteiger partial charge >= 0.3 is 11.9 Å². The van der Waals surface area contributed by atoms with Gasteiger partial charge in [0.05, 0.1) is 12.3 Å². The van der Waals surface area contributed by atoms with Crippen molar-refractivity contribution in [3.63, 3.8) is 0 Å². The summed E-state index contributed by atoms with van der Waals surface area (Å²) < 4.78 is 32.1. The van der Waals surface area contributed by atoms with Crippen LogP contribution in [0.3, 0.4) is 0 Å². The number of hydrogen-bond acceptors (Lipinski definition) is 4. The zero-order valence-corrected chi connectivity index (χ0v) is 12.3. The Balaban J connectivity index is 3.05. The first-order chi connectivity index (χ1) is 8.30. The Morgan fingerprint density at radius 2 is 2.22 bits per heavy atom. The molecule has 18 heavy (non-hydrogen) atoms. The average Bonchev–Trinajstić information content (AvgIpc) is 2.28. The summed E-state index contributed by atoms with van der Waals surface area (Å²) in [5.74, 6) is -5.84. The molecular weight excluding hydrogens is 380 g/mol. The number of alkyl halides is 2. The number of aliphatic hydroxyl groups is 1. The number of halogens is 4. The van der Waals surface area contributed by atoms with E-state index in [4.69, 9.17) is 0 Å². The monoisotopic (exact) mass is 387 g/mol. The predicted molar refractivity (Wildman–Crippen MR) is 66.2 cm³/mol. The van der Waals surface area contributed by atoms with Gasteiger partial charge in [-0.05, 0) is 44.8 Å². The van der Waals surface area contributed by atoms with Crippen molar-refractivity contribution in [1.29, 1.82) is 0 Å². The second-order valence-electron chi connectivity index (χ2n) is 3.27. The molecular formula is C10H9Br2F2NO3. The molecule has 0 bridgehead atoms. The van der Waals surface area contributed by atoms with Crippen molar-refractivity contribution in [1.82, 2.24) is 4.98 Å². The molecule has 1 aromatic heterocycles. The van der Waals surface area contributed by atoms with Crippen LogP contribution in [0.4, 0.5) is 8.78 Å². The molecule has 1 heterocycles. The molecule has 100 valence electrons. The number of carbonyl (C=O) groups is 1. The topological polar surface area (TPSA) is 59.4 Å². The smallest absolute Gasteiger partial charge is 0.380 e. The number of hydrogen-bond donors (Lipinski definition) is 1. The summed E-state index contributed by atoms with van der Waals surface area (Å²) in [4.78, 5) is 14.7. The van der Waals surface area contributed by atoms with Gasteiger partial charge in [-0.3, -0.25) is 4.98 Å². The van der Waals surface area contributed by atoms with E-state index in [1.54, 1.807) is 0 Å². The molecule has 0 aromatic carbocycles. The number of nitrogens with zero attached hydrogens (tertiary/aromatic N) is 1. The molecule has 0 saturated heterocycles. The molecule has 1 atom stereocenters. The summed E-state index contributed by atoms with van der Waals surface area (Å²) in [6.45, 7) is 1.20. The maximum Gasteiger partial charge on any atom is 0.380 e. The first-order valence-corrected chi connectivity index (χ1v) is 6.43. The summed E-state index contributed by atoms with van der Waals surface area (Å²) in [5.41, 5.74) is -0.337. The molecule has 0 aliphatic rings. The van der Waals surface area contributed by atoms with E-state index in [1.165, 1.54) is 19.2 Å². The van der Waals surface area contributed by atoms with Crippen molar-refractivity contribution < 1.29 is 23.4 Å². The predicted octanol–water partition coefficient (Wildman–Crippen LogP) is 2.84. The van der Waals surface area contributed by atoms with Crippen LogP contribution in [0.1, 0.15) is 18.7 Å². The largest absolute Gasteiger partial charge is 0.461 e. The van der Waals surface area contributed by atoms with E-state index >= 15 is 0 Å². The van der Waals surface area contributed by atoms with Gasteiger partial charge in [0.15, 0.2) is 6.10 Å². The average molecular weight is 389 g/mol. The van der Waals surface area contributed by atoms with Crippen LogP contribution in [-0.2, 0) is 9.53 Å². The van der Waals surface area contributed by atoms with Crippen LogP contribution >= 0.6 is 31.9 Å². The molecule has 1 rings (SSSR count). The third-order valence-electron chi connectivity index (χ3n) is 1.99. The van der Waals surface area contributed by atoms with Crippen LogP contribution in [0.5, 0.6) is 0 Å². The van der Waals surface area contributed by atoms with Gasteiger partial charge in [0.1, 0.15) is 0 Å². The molecule has 0 amide bonds. The standard InChI is InChI=1S/C10H9Br2F2NO3/c1-2-18-9(17)10(13,14)8(16)7-6(12)3-5(11)4-15-7/h3-4,8,16H,2H2,1H3. The lowest BCUT2D eigenvalue weighted by molar-refractivity contribution is -0.189. The summed E-state index contributed by atoms with van der Waals surface area (Å²) in [5, 5.41) is 9.56. The highest BCUT2D eigenvalue weighted by Crippen LogP contribution is 2.35. The molecule has 0 fully saturated rings. The lowest BCUT2D eigenvalue weighted by Crippen LogP contribution is -2.38. The minimum Gasteiger partial charge on any atom is -0.461 e. The van der Waals surface area contributed by atoms with Gasteiger partial charge in [-0.25, -0.2) is 4.79 Å². The number of aromatic nitrogens is 1. The van der Waals surface area contributed by atoms with Gasteiger partial charge < -0.3 is 9.84 Å².